The molecule has 0 bridgehead atoms. The Balaban J connectivity index is 2.21. The van der Waals surface area contributed by atoms with Gasteiger partial charge in [-0.05, 0) is 57.4 Å². The van der Waals surface area contributed by atoms with Crippen LogP contribution in [0.4, 0.5) is 5.69 Å². The van der Waals surface area contributed by atoms with Gasteiger partial charge < -0.3 is 15.0 Å². The lowest BCUT2D eigenvalue weighted by molar-refractivity contribution is 0.242. The van der Waals surface area contributed by atoms with Gasteiger partial charge in [0.05, 0.1) is 11.8 Å². The third-order valence-electron chi connectivity index (χ3n) is 3.89. The van der Waals surface area contributed by atoms with Crippen molar-refractivity contribution in [2.75, 3.05) is 25.0 Å². The maximum Gasteiger partial charge on any atom is 0.143 e. The fraction of sp³-hybridized carbons (Fsp3) is 0.647. The zero-order chi connectivity index (χ0) is 14.5. The minimum atomic E-state index is 0.210. The van der Waals surface area contributed by atoms with Crippen LogP contribution >= 0.6 is 0 Å². The van der Waals surface area contributed by atoms with E-state index in [-0.39, 0.29) is 6.10 Å². The molecule has 1 aliphatic heterocycles. The normalized spacial score (nSPS) is 16.8. The number of ether oxygens (including phenoxy) is 1. The SMILES string of the molecule is CNCc1ccc(N2CCC(C)CC2)c(OC(C)C)c1. The van der Waals surface area contributed by atoms with Crippen molar-refractivity contribution in [3.63, 3.8) is 0 Å². The van der Waals surface area contributed by atoms with E-state index in [0.29, 0.717) is 0 Å². The maximum atomic E-state index is 6.04. The molecule has 0 aromatic heterocycles. The summed E-state index contributed by atoms with van der Waals surface area (Å²) in [4.78, 5) is 2.47. The quantitative estimate of drug-likeness (QED) is 0.891. The molecule has 1 N–H and O–H groups in total. The monoisotopic (exact) mass is 276 g/mol. The van der Waals surface area contributed by atoms with Crippen molar-refractivity contribution in [2.45, 2.75) is 46.3 Å². The molecule has 1 aromatic carbocycles. The Labute approximate surface area is 123 Å². The fourth-order valence-corrected chi connectivity index (χ4v) is 2.73. The van der Waals surface area contributed by atoms with Crippen LogP contribution in [-0.2, 0) is 6.54 Å². The van der Waals surface area contributed by atoms with Gasteiger partial charge in [-0.2, -0.15) is 0 Å². The third-order valence-corrected chi connectivity index (χ3v) is 3.89. The van der Waals surface area contributed by atoms with E-state index in [0.717, 1.165) is 31.3 Å². The molecule has 0 spiro atoms. The van der Waals surface area contributed by atoms with Gasteiger partial charge in [-0.3, -0.25) is 0 Å². The Hall–Kier alpha value is -1.22. The van der Waals surface area contributed by atoms with Crippen LogP contribution in [0.5, 0.6) is 5.75 Å². The van der Waals surface area contributed by atoms with Crippen LogP contribution in [0.25, 0.3) is 0 Å². The average Bonchev–Trinajstić information content (AvgIpc) is 2.40. The second-order valence-corrected chi connectivity index (χ2v) is 6.17. The zero-order valence-corrected chi connectivity index (χ0v) is 13.3. The molecule has 3 nitrogen and oxygen atoms in total. The highest BCUT2D eigenvalue weighted by Gasteiger charge is 2.19. The van der Waals surface area contributed by atoms with E-state index in [1.54, 1.807) is 0 Å². The van der Waals surface area contributed by atoms with Crippen LogP contribution in [0.15, 0.2) is 18.2 Å². The summed E-state index contributed by atoms with van der Waals surface area (Å²) in [6.45, 7) is 9.69. The standard InChI is InChI=1S/C17H28N2O/c1-13(2)20-17-11-15(12-18-4)5-6-16(17)19-9-7-14(3)8-10-19/h5-6,11,13-14,18H,7-10,12H2,1-4H3. The van der Waals surface area contributed by atoms with Crippen LogP contribution in [-0.4, -0.2) is 26.2 Å². The van der Waals surface area contributed by atoms with Gasteiger partial charge in [0, 0.05) is 19.6 Å². The maximum absolute atomic E-state index is 6.04. The topological polar surface area (TPSA) is 24.5 Å². The third kappa shape index (κ3) is 3.89. The smallest absolute Gasteiger partial charge is 0.143 e. The Morgan fingerprint density at radius 1 is 1.30 bits per heavy atom. The summed E-state index contributed by atoms with van der Waals surface area (Å²) >= 11 is 0. The molecule has 1 saturated heterocycles. The van der Waals surface area contributed by atoms with Crippen molar-refractivity contribution in [3.8, 4) is 5.75 Å². The minimum Gasteiger partial charge on any atom is -0.489 e. The average molecular weight is 276 g/mol. The van der Waals surface area contributed by atoms with Gasteiger partial charge in [-0.25, -0.2) is 0 Å². The van der Waals surface area contributed by atoms with E-state index in [2.05, 4.69) is 49.2 Å². The fourth-order valence-electron chi connectivity index (χ4n) is 2.73. The lowest BCUT2D eigenvalue weighted by Gasteiger charge is -2.33. The first-order chi connectivity index (χ1) is 9.60. The molecule has 2 rings (SSSR count). The van der Waals surface area contributed by atoms with Gasteiger partial charge in [-0.15, -0.1) is 0 Å². The Morgan fingerprint density at radius 3 is 2.60 bits per heavy atom. The van der Waals surface area contributed by atoms with Gasteiger partial charge in [-0.1, -0.05) is 13.0 Å². The Morgan fingerprint density at radius 2 is 2.00 bits per heavy atom. The molecular formula is C17H28N2O. The van der Waals surface area contributed by atoms with Crippen LogP contribution in [0.2, 0.25) is 0 Å². The lowest BCUT2D eigenvalue weighted by atomic mass is 9.98. The second-order valence-electron chi connectivity index (χ2n) is 6.17. The van der Waals surface area contributed by atoms with E-state index in [1.807, 2.05) is 7.05 Å². The number of piperidine rings is 1. The summed E-state index contributed by atoms with van der Waals surface area (Å²) in [5.41, 5.74) is 2.53. The summed E-state index contributed by atoms with van der Waals surface area (Å²) < 4.78 is 6.04. The summed E-state index contributed by atoms with van der Waals surface area (Å²) in [6.07, 6.45) is 2.76. The lowest BCUT2D eigenvalue weighted by Crippen LogP contribution is -2.33. The first-order valence-electron chi connectivity index (χ1n) is 7.79. The number of nitrogens with zero attached hydrogens (tertiary/aromatic N) is 1. The van der Waals surface area contributed by atoms with Crippen molar-refractivity contribution in [3.05, 3.63) is 23.8 Å². The van der Waals surface area contributed by atoms with Gasteiger partial charge >= 0.3 is 0 Å². The van der Waals surface area contributed by atoms with Crippen molar-refractivity contribution in [2.24, 2.45) is 5.92 Å². The summed E-state index contributed by atoms with van der Waals surface area (Å²) in [6, 6.07) is 6.61. The zero-order valence-electron chi connectivity index (χ0n) is 13.3. The predicted molar refractivity (Wildman–Crippen MR) is 85.6 cm³/mol. The molecule has 0 radical (unpaired) electrons. The van der Waals surface area contributed by atoms with E-state index in [9.17, 15) is 0 Å². The molecule has 1 aromatic rings. The summed E-state index contributed by atoms with van der Waals surface area (Å²) in [7, 11) is 1.98. The van der Waals surface area contributed by atoms with Crippen LogP contribution in [0.1, 0.15) is 39.2 Å². The summed E-state index contributed by atoms with van der Waals surface area (Å²) in [5, 5.41) is 3.20. The first kappa shape index (κ1) is 15.2. The molecular weight excluding hydrogens is 248 g/mol. The highest BCUT2D eigenvalue weighted by atomic mass is 16.5. The van der Waals surface area contributed by atoms with E-state index in [4.69, 9.17) is 4.74 Å². The molecule has 1 fully saturated rings. The van der Waals surface area contributed by atoms with Crippen molar-refractivity contribution < 1.29 is 4.74 Å². The second kappa shape index (κ2) is 6.98. The molecule has 0 aliphatic carbocycles. The van der Waals surface area contributed by atoms with E-state index in [1.165, 1.54) is 24.1 Å². The Kier molecular flexibility index (Phi) is 5.30. The molecule has 0 unspecified atom stereocenters. The van der Waals surface area contributed by atoms with Gasteiger partial charge in [0.25, 0.3) is 0 Å². The first-order valence-corrected chi connectivity index (χ1v) is 7.79. The van der Waals surface area contributed by atoms with Gasteiger partial charge in [0.1, 0.15) is 5.75 Å². The number of hydrogen-bond donors (Lipinski definition) is 1. The number of rotatable bonds is 5. The molecule has 1 aliphatic rings. The number of benzene rings is 1. The van der Waals surface area contributed by atoms with Crippen LogP contribution in [0.3, 0.4) is 0 Å². The highest BCUT2D eigenvalue weighted by molar-refractivity contribution is 5.60. The summed E-state index contributed by atoms with van der Waals surface area (Å²) in [5.74, 6) is 1.88. The highest BCUT2D eigenvalue weighted by Crippen LogP contribution is 2.33. The number of nitrogens with one attached hydrogen (secondary N) is 1. The van der Waals surface area contributed by atoms with Crippen LogP contribution < -0.4 is 15.0 Å². The Bertz CT molecular complexity index is 423. The molecule has 112 valence electrons. The predicted octanol–water partition coefficient (Wildman–Crippen LogP) is 3.43. The van der Waals surface area contributed by atoms with Gasteiger partial charge in [0.15, 0.2) is 0 Å². The molecule has 0 amide bonds. The molecule has 20 heavy (non-hydrogen) atoms. The number of anilines is 1. The van der Waals surface area contributed by atoms with E-state index < -0.39 is 0 Å². The molecule has 1 heterocycles. The largest absolute Gasteiger partial charge is 0.489 e. The van der Waals surface area contributed by atoms with Gasteiger partial charge in [0.2, 0.25) is 0 Å². The molecule has 0 atom stereocenters. The molecule has 3 heteroatoms. The van der Waals surface area contributed by atoms with Crippen molar-refractivity contribution in [1.82, 2.24) is 5.32 Å². The van der Waals surface area contributed by atoms with Crippen LogP contribution in [0, 0.1) is 5.92 Å². The van der Waals surface area contributed by atoms with E-state index >= 15 is 0 Å². The van der Waals surface area contributed by atoms with Crippen molar-refractivity contribution in [1.29, 1.82) is 0 Å². The minimum absolute atomic E-state index is 0.210. The number of hydrogen-bond acceptors (Lipinski definition) is 3. The molecule has 0 saturated carbocycles. The van der Waals surface area contributed by atoms with Crippen molar-refractivity contribution >= 4 is 5.69 Å².